The molecule has 0 aliphatic rings. The molecule has 3 nitrogen and oxygen atoms in total. The van der Waals surface area contributed by atoms with Gasteiger partial charge in [-0.15, -0.1) is 0 Å². The molecule has 1 unspecified atom stereocenters. The van der Waals surface area contributed by atoms with Crippen molar-refractivity contribution in [1.82, 2.24) is 0 Å². The van der Waals surface area contributed by atoms with Crippen LogP contribution in [0.3, 0.4) is 0 Å². The molecule has 1 atom stereocenters. The van der Waals surface area contributed by atoms with Crippen molar-refractivity contribution < 1.29 is 13.5 Å². The third kappa shape index (κ3) is 4.18. The highest BCUT2D eigenvalue weighted by molar-refractivity contribution is 5.56. The number of alkyl halides is 2. The van der Waals surface area contributed by atoms with Crippen molar-refractivity contribution in [2.45, 2.75) is 12.5 Å². The molecule has 0 fully saturated rings. The quantitative estimate of drug-likeness (QED) is 0.873. The Hall–Kier alpha value is -2.61. The fraction of sp³-hybridized carbons (Fsp3) is 0.188. The van der Waals surface area contributed by atoms with Gasteiger partial charge in [0.05, 0.1) is 17.7 Å². The molecule has 2 aromatic carbocycles. The number of halogens is 2. The number of nitrogens with zero attached hydrogens (tertiary/aromatic N) is 1. The van der Waals surface area contributed by atoms with Crippen LogP contribution < -0.4 is 10.1 Å². The van der Waals surface area contributed by atoms with E-state index in [-0.39, 0.29) is 11.7 Å². The number of nitriles is 1. The number of ether oxygens (including phenoxy) is 1. The van der Waals surface area contributed by atoms with Gasteiger partial charge in [-0.05, 0) is 17.7 Å². The van der Waals surface area contributed by atoms with Crippen LogP contribution in [0.15, 0.2) is 54.6 Å². The SMILES string of the molecule is N#CC(CNc1ccccc1OC(F)F)c1ccccc1. The second kappa shape index (κ2) is 7.25. The van der Waals surface area contributed by atoms with E-state index >= 15 is 0 Å². The number of benzene rings is 2. The van der Waals surface area contributed by atoms with Crippen LogP contribution in [0, 0.1) is 11.3 Å². The summed E-state index contributed by atoms with van der Waals surface area (Å²) in [4.78, 5) is 0. The predicted molar refractivity (Wildman–Crippen MR) is 76.4 cm³/mol. The van der Waals surface area contributed by atoms with Gasteiger partial charge in [0, 0.05) is 6.54 Å². The van der Waals surface area contributed by atoms with Crippen molar-refractivity contribution in [3.63, 3.8) is 0 Å². The van der Waals surface area contributed by atoms with Crippen molar-refractivity contribution >= 4 is 5.69 Å². The van der Waals surface area contributed by atoms with E-state index < -0.39 is 6.61 Å². The Balaban J connectivity index is 2.07. The first kappa shape index (κ1) is 14.8. The molecule has 0 aliphatic carbocycles. The second-order valence-corrected chi connectivity index (χ2v) is 4.35. The zero-order chi connectivity index (χ0) is 15.1. The van der Waals surface area contributed by atoms with Gasteiger partial charge in [0.15, 0.2) is 0 Å². The Bertz CT molecular complexity index is 611. The molecule has 0 heterocycles. The summed E-state index contributed by atoms with van der Waals surface area (Å²) in [7, 11) is 0. The van der Waals surface area contributed by atoms with Gasteiger partial charge in [-0.25, -0.2) is 0 Å². The lowest BCUT2D eigenvalue weighted by atomic mass is 10.0. The first-order chi connectivity index (χ1) is 10.2. The van der Waals surface area contributed by atoms with Crippen LogP contribution in [0.5, 0.6) is 5.75 Å². The maximum Gasteiger partial charge on any atom is 0.387 e. The number of anilines is 1. The van der Waals surface area contributed by atoms with Gasteiger partial charge in [-0.2, -0.15) is 14.0 Å². The first-order valence-electron chi connectivity index (χ1n) is 6.43. The molecule has 0 radical (unpaired) electrons. The van der Waals surface area contributed by atoms with Gasteiger partial charge in [0.2, 0.25) is 0 Å². The van der Waals surface area contributed by atoms with E-state index in [2.05, 4.69) is 16.1 Å². The topological polar surface area (TPSA) is 45.0 Å². The lowest BCUT2D eigenvalue weighted by molar-refractivity contribution is -0.0493. The lowest BCUT2D eigenvalue weighted by Gasteiger charge is -2.15. The van der Waals surface area contributed by atoms with Crippen molar-refractivity contribution in [3.8, 4) is 11.8 Å². The average molecular weight is 288 g/mol. The third-order valence-corrected chi connectivity index (χ3v) is 2.96. The minimum Gasteiger partial charge on any atom is -0.433 e. The zero-order valence-electron chi connectivity index (χ0n) is 11.2. The summed E-state index contributed by atoms with van der Waals surface area (Å²) in [5.74, 6) is -0.303. The fourth-order valence-corrected chi connectivity index (χ4v) is 1.95. The Labute approximate surface area is 121 Å². The van der Waals surface area contributed by atoms with Crippen molar-refractivity contribution in [3.05, 3.63) is 60.2 Å². The van der Waals surface area contributed by atoms with E-state index in [9.17, 15) is 14.0 Å². The van der Waals surface area contributed by atoms with E-state index in [0.717, 1.165) is 5.56 Å². The summed E-state index contributed by atoms with van der Waals surface area (Å²) < 4.78 is 29.1. The number of hydrogen-bond donors (Lipinski definition) is 1. The Morgan fingerprint density at radius 1 is 1.05 bits per heavy atom. The number of hydrogen-bond acceptors (Lipinski definition) is 3. The van der Waals surface area contributed by atoms with Crippen LogP contribution in [-0.4, -0.2) is 13.2 Å². The molecule has 0 saturated heterocycles. The summed E-state index contributed by atoms with van der Waals surface area (Å²) in [6.07, 6.45) is 0. The van der Waals surface area contributed by atoms with Gasteiger partial charge in [0.25, 0.3) is 0 Å². The van der Waals surface area contributed by atoms with Gasteiger partial charge >= 0.3 is 6.61 Å². The zero-order valence-corrected chi connectivity index (χ0v) is 11.2. The van der Waals surface area contributed by atoms with Crippen LogP contribution in [0.1, 0.15) is 11.5 Å². The minimum atomic E-state index is -2.88. The first-order valence-corrected chi connectivity index (χ1v) is 6.43. The van der Waals surface area contributed by atoms with Gasteiger partial charge in [-0.3, -0.25) is 0 Å². The van der Waals surface area contributed by atoms with E-state index in [1.165, 1.54) is 6.07 Å². The molecule has 5 heteroatoms. The van der Waals surface area contributed by atoms with Gasteiger partial charge in [-0.1, -0.05) is 42.5 Å². The smallest absolute Gasteiger partial charge is 0.387 e. The standard InChI is InChI=1S/C16H14F2N2O/c17-16(18)21-15-9-5-4-8-14(15)20-11-13(10-19)12-6-2-1-3-7-12/h1-9,13,16,20H,11H2. The van der Waals surface area contributed by atoms with Crippen molar-refractivity contribution in [2.75, 3.05) is 11.9 Å². The molecule has 2 rings (SSSR count). The highest BCUT2D eigenvalue weighted by Gasteiger charge is 2.13. The average Bonchev–Trinajstić information content (AvgIpc) is 2.50. The predicted octanol–water partition coefficient (Wildman–Crippen LogP) is 4.01. The molecule has 0 aliphatic heterocycles. The van der Waals surface area contributed by atoms with E-state index in [0.29, 0.717) is 12.2 Å². The van der Waals surface area contributed by atoms with Crippen molar-refractivity contribution in [2.24, 2.45) is 0 Å². The fourth-order valence-electron chi connectivity index (χ4n) is 1.95. The van der Waals surface area contributed by atoms with E-state index in [1.807, 2.05) is 30.3 Å². The number of nitrogens with one attached hydrogen (secondary N) is 1. The molecule has 2 aromatic rings. The molecule has 0 bridgehead atoms. The largest absolute Gasteiger partial charge is 0.433 e. The number of para-hydroxylation sites is 2. The van der Waals surface area contributed by atoms with Crippen molar-refractivity contribution in [1.29, 1.82) is 5.26 Å². The van der Waals surface area contributed by atoms with Crippen LogP contribution in [0.4, 0.5) is 14.5 Å². The molecular formula is C16H14F2N2O. The molecule has 1 N–H and O–H groups in total. The summed E-state index contributed by atoms with van der Waals surface area (Å²) in [6, 6.07) is 17.9. The van der Waals surface area contributed by atoms with Gasteiger partial charge < -0.3 is 10.1 Å². The Morgan fingerprint density at radius 2 is 1.71 bits per heavy atom. The molecule has 0 aromatic heterocycles. The Morgan fingerprint density at radius 3 is 2.38 bits per heavy atom. The molecule has 21 heavy (non-hydrogen) atoms. The highest BCUT2D eigenvalue weighted by atomic mass is 19.3. The summed E-state index contributed by atoms with van der Waals surface area (Å²) >= 11 is 0. The van der Waals surface area contributed by atoms with Gasteiger partial charge in [0.1, 0.15) is 5.75 Å². The van der Waals surface area contributed by atoms with Crippen LogP contribution in [0.2, 0.25) is 0 Å². The molecule has 108 valence electrons. The summed E-state index contributed by atoms with van der Waals surface area (Å²) in [5.41, 5.74) is 1.31. The highest BCUT2D eigenvalue weighted by Crippen LogP contribution is 2.26. The third-order valence-electron chi connectivity index (χ3n) is 2.96. The summed E-state index contributed by atoms with van der Waals surface area (Å²) in [6.45, 7) is -2.57. The second-order valence-electron chi connectivity index (χ2n) is 4.35. The monoisotopic (exact) mass is 288 g/mol. The molecular weight excluding hydrogens is 274 g/mol. The van der Waals surface area contributed by atoms with E-state index in [1.54, 1.807) is 18.2 Å². The maximum absolute atomic E-state index is 12.3. The van der Waals surface area contributed by atoms with E-state index in [4.69, 9.17) is 0 Å². The summed E-state index contributed by atoms with van der Waals surface area (Å²) in [5, 5.41) is 12.2. The lowest BCUT2D eigenvalue weighted by Crippen LogP contribution is -2.13. The molecule has 0 spiro atoms. The van der Waals surface area contributed by atoms with Crippen LogP contribution in [-0.2, 0) is 0 Å². The van der Waals surface area contributed by atoms with Crippen LogP contribution >= 0.6 is 0 Å². The maximum atomic E-state index is 12.3. The van der Waals surface area contributed by atoms with Crippen LogP contribution in [0.25, 0.3) is 0 Å². The minimum absolute atomic E-state index is 0.0669. The molecule has 0 saturated carbocycles. The Kier molecular flexibility index (Phi) is 5.10. The number of rotatable bonds is 6. The molecule has 0 amide bonds. The normalized spacial score (nSPS) is 11.7.